The van der Waals surface area contributed by atoms with Crippen LogP contribution in [0.25, 0.3) is 0 Å². The molecule has 5 nitrogen and oxygen atoms in total. The molecule has 2 rings (SSSR count). The van der Waals surface area contributed by atoms with Gasteiger partial charge in [0.2, 0.25) is 5.91 Å². The van der Waals surface area contributed by atoms with E-state index in [-0.39, 0.29) is 5.91 Å². The number of nitrogens with zero attached hydrogens (tertiary/aromatic N) is 2. The van der Waals surface area contributed by atoms with Crippen LogP contribution in [0, 0.1) is 5.92 Å². The summed E-state index contributed by atoms with van der Waals surface area (Å²) in [5.74, 6) is 1.84. The van der Waals surface area contributed by atoms with Crippen molar-refractivity contribution in [1.29, 1.82) is 0 Å². The molecule has 1 aliphatic heterocycles. The second-order valence-corrected chi connectivity index (χ2v) is 7.68. The van der Waals surface area contributed by atoms with Gasteiger partial charge in [0.25, 0.3) is 0 Å². The number of rotatable bonds is 8. The van der Waals surface area contributed by atoms with E-state index in [1.54, 1.807) is 7.05 Å². The van der Waals surface area contributed by atoms with Gasteiger partial charge in [-0.05, 0) is 43.2 Å². The summed E-state index contributed by atoms with van der Waals surface area (Å²) < 4.78 is 0. The normalized spacial score (nSPS) is 16.3. The Morgan fingerprint density at radius 2 is 1.85 bits per heavy atom. The zero-order valence-electron chi connectivity index (χ0n) is 16.7. The number of hydrogen-bond donors (Lipinski definition) is 2. The monoisotopic (exact) mass is 358 g/mol. The molecule has 1 fully saturated rings. The van der Waals surface area contributed by atoms with Crippen LogP contribution in [0.3, 0.4) is 0 Å². The van der Waals surface area contributed by atoms with Gasteiger partial charge in [-0.25, -0.2) is 0 Å². The number of benzene rings is 1. The molecule has 1 amide bonds. The third-order valence-electron chi connectivity index (χ3n) is 4.81. The molecule has 1 saturated heterocycles. The molecule has 1 heterocycles. The maximum absolute atomic E-state index is 11.7. The van der Waals surface area contributed by atoms with Gasteiger partial charge in [-0.1, -0.05) is 38.1 Å². The zero-order chi connectivity index (χ0) is 18.9. The lowest BCUT2D eigenvalue weighted by atomic mass is 10.0. The average Bonchev–Trinajstić information content (AvgIpc) is 3.02. The van der Waals surface area contributed by atoms with Crippen LogP contribution < -0.4 is 10.6 Å². The highest BCUT2D eigenvalue weighted by atomic mass is 16.2. The van der Waals surface area contributed by atoms with Crippen molar-refractivity contribution in [3.05, 3.63) is 35.4 Å². The number of guanidine groups is 1. The van der Waals surface area contributed by atoms with Crippen LogP contribution in [0.2, 0.25) is 0 Å². The summed E-state index contributed by atoms with van der Waals surface area (Å²) in [4.78, 5) is 18.0. The third kappa shape index (κ3) is 6.70. The smallest absolute Gasteiger partial charge is 0.222 e. The van der Waals surface area contributed by atoms with Crippen LogP contribution in [0.4, 0.5) is 0 Å². The molecule has 144 valence electrons. The number of amides is 1. The molecule has 0 bridgehead atoms. The molecule has 5 heteroatoms. The predicted molar refractivity (Wildman–Crippen MR) is 108 cm³/mol. The predicted octanol–water partition coefficient (Wildman–Crippen LogP) is 3.30. The topological polar surface area (TPSA) is 56.7 Å². The highest BCUT2D eigenvalue weighted by Crippen LogP contribution is 2.14. The van der Waals surface area contributed by atoms with Crippen molar-refractivity contribution in [3.8, 4) is 0 Å². The molecule has 2 N–H and O–H groups in total. The summed E-state index contributed by atoms with van der Waals surface area (Å²) in [5.41, 5.74) is 2.40. The molecule has 1 aromatic carbocycles. The van der Waals surface area contributed by atoms with Crippen LogP contribution in [0.5, 0.6) is 0 Å². The fourth-order valence-corrected chi connectivity index (χ4v) is 3.12. The zero-order valence-corrected chi connectivity index (χ0v) is 16.7. The van der Waals surface area contributed by atoms with Crippen molar-refractivity contribution in [2.24, 2.45) is 10.9 Å². The van der Waals surface area contributed by atoms with Gasteiger partial charge >= 0.3 is 0 Å². The Hall–Kier alpha value is -2.04. The minimum Gasteiger partial charge on any atom is -0.354 e. The lowest BCUT2D eigenvalue weighted by Gasteiger charge is -2.19. The van der Waals surface area contributed by atoms with Gasteiger partial charge in [0.05, 0.1) is 0 Å². The van der Waals surface area contributed by atoms with Gasteiger partial charge in [-0.15, -0.1) is 0 Å². The van der Waals surface area contributed by atoms with Gasteiger partial charge in [0.15, 0.2) is 5.96 Å². The standard InChI is InChI=1S/C21H34N4O/c1-16(2)7-8-17(3)24-21(22-4)23-14-18-9-11-19(12-10-18)15-25-13-5-6-20(25)26/h9-12,16-17H,5-8,13-15H2,1-4H3,(H2,22,23,24). The van der Waals surface area contributed by atoms with Crippen molar-refractivity contribution in [1.82, 2.24) is 15.5 Å². The highest BCUT2D eigenvalue weighted by Gasteiger charge is 2.19. The number of carbonyl (C=O) groups excluding carboxylic acids is 1. The maximum atomic E-state index is 11.7. The average molecular weight is 359 g/mol. The Morgan fingerprint density at radius 3 is 2.42 bits per heavy atom. The lowest BCUT2D eigenvalue weighted by Crippen LogP contribution is -2.41. The first kappa shape index (κ1) is 20.3. The molecule has 1 aliphatic rings. The van der Waals surface area contributed by atoms with Crippen LogP contribution in [-0.4, -0.2) is 36.4 Å². The SMILES string of the molecule is CN=C(NCc1ccc(CN2CCCC2=O)cc1)NC(C)CCC(C)C. The maximum Gasteiger partial charge on any atom is 0.222 e. The quantitative estimate of drug-likeness (QED) is 0.554. The molecule has 0 aliphatic carbocycles. The van der Waals surface area contributed by atoms with Crippen LogP contribution in [-0.2, 0) is 17.9 Å². The van der Waals surface area contributed by atoms with Crippen LogP contribution in [0.1, 0.15) is 57.6 Å². The molecule has 1 aromatic rings. The van der Waals surface area contributed by atoms with Crippen LogP contribution in [0.15, 0.2) is 29.3 Å². The fraction of sp³-hybridized carbons (Fsp3) is 0.619. The Labute approximate surface area is 158 Å². The number of nitrogens with one attached hydrogen (secondary N) is 2. The van der Waals surface area contributed by atoms with E-state index in [1.165, 1.54) is 17.5 Å². The van der Waals surface area contributed by atoms with E-state index in [4.69, 9.17) is 0 Å². The molecule has 0 saturated carbocycles. The Bertz CT molecular complexity index is 595. The Kier molecular flexibility index (Phi) is 7.95. The van der Waals surface area contributed by atoms with Crippen molar-refractivity contribution in [2.75, 3.05) is 13.6 Å². The van der Waals surface area contributed by atoms with Gasteiger partial charge in [-0.2, -0.15) is 0 Å². The van der Waals surface area contributed by atoms with Crippen molar-refractivity contribution in [2.45, 2.75) is 65.6 Å². The number of hydrogen-bond acceptors (Lipinski definition) is 2. The van der Waals surface area contributed by atoms with E-state index < -0.39 is 0 Å². The molecule has 0 aromatic heterocycles. The molecular weight excluding hydrogens is 324 g/mol. The van der Waals surface area contributed by atoms with E-state index in [9.17, 15) is 4.79 Å². The Balaban J connectivity index is 1.77. The molecule has 1 unspecified atom stereocenters. The van der Waals surface area contributed by atoms with Gasteiger partial charge in [-0.3, -0.25) is 9.79 Å². The molecule has 1 atom stereocenters. The van der Waals surface area contributed by atoms with E-state index in [1.807, 2.05) is 4.90 Å². The summed E-state index contributed by atoms with van der Waals surface area (Å²) in [5, 5.41) is 6.83. The molecule has 0 spiro atoms. The first-order valence-electron chi connectivity index (χ1n) is 9.80. The molecule has 0 radical (unpaired) electrons. The first-order valence-corrected chi connectivity index (χ1v) is 9.80. The number of likely N-dealkylation sites (tertiary alicyclic amines) is 1. The fourth-order valence-electron chi connectivity index (χ4n) is 3.12. The molecular formula is C21H34N4O. The van der Waals surface area contributed by atoms with Crippen molar-refractivity contribution in [3.63, 3.8) is 0 Å². The lowest BCUT2D eigenvalue weighted by molar-refractivity contribution is -0.128. The van der Waals surface area contributed by atoms with E-state index >= 15 is 0 Å². The van der Waals surface area contributed by atoms with Crippen molar-refractivity contribution >= 4 is 11.9 Å². The summed E-state index contributed by atoms with van der Waals surface area (Å²) >= 11 is 0. The summed E-state index contributed by atoms with van der Waals surface area (Å²) in [6.07, 6.45) is 4.04. The van der Waals surface area contributed by atoms with Gasteiger partial charge < -0.3 is 15.5 Å². The summed E-state index contributed by atoms with van der Waals surface area (Å²) in [6.45, 7) is 9.05. The van der Waals surface area contributed by atoms with E-state index in [0.717, 1.165) is 44.4 Å². The van der Waals surface area contributed by atoms with Gasteiger partial charge in [0, 0.05) is 39.1 Å². The number of aliphatic imine (C=N–C) groups is 1. The van der Waals surface area contributed by atoms with Gasteiger partial charge in [0.1, 0.15) is 0 Å². The first-order chi connectivity index (χ1) is 12.5. The minimum atomic E-state index is 0.275. The van der Waals surface area contributed by atoms with E-state index in [0.29, 0.717) is 12.5 Å². The van der Waals surface area contributed by atoms with Crippen molar-refractivity contribution < 1.29 is 4.79 Å². The molecule has 26 heavy (non-hydrogen) atoms. The Morgan fingerprint density at radius 1 is 1.15 bits per heavy atom. The summed E-state index contributed by atoms with van der Waals surface area (Å²) in [6, 6.07) is 8.88. The summed E-state index contributed by atoms with van der Waals surface area (Å²) in [7, 11) is 1.81. The second kappa shape index (κ2) is 10.2. The minimum absolute atomic E-state index is 0.275. The van der Waals surface area contributed by atoms with Crippen LogP contribution >= 0.6 is 0 Å². The number of carbonyl (C=O) groups is 1. The second-order valence-electron chi connectivity index (χ2n) is 7.68. The third-order valence-corrected chi connectivity index (χ3v) is 4.81. The van der Waals surface area contributed by atoms with E-state index in [2.05, 4.69) is 60.7 Å². The highest BCUT2D eigenvalue weighted by molar-refractivity contribution is 5.80. The largest absolute Gasteiger partial charge is 0.354 e.